The number of hydrogen-bond donors (Lipinski definition) is 1. The molecule has 1 heterocycles. The summed E-state index contributed by atoms with van der Waals surface area (Å²) in [5.74, 6) is -0.369. The van der Waals surface area contributed by atoms with Crippen LogP contribution in [0.1, 0.15) is 18.4 Å². The number of rotatable bonds is 5. The van der Waals surface area contributed by atoms with Crippen molar-refractivity contribution in [2.45, 2.75) is 12.8 Å². The van der Waals surface area contributed by atoms with Gasteiger partial charge in [-0.2, -0.15) is 0 Å². The number of carboxylic acids is 1. The Bertz CT molecular complexity index is 522. The third kappa shape index (κ3) is 4.22. The molecular formula is C16H20ClNO3. The lowest BCUT2D eigenvalue weighted by molar-refractivity contribution is -0.131. The number of piperidine rings is 1. The molecule has 0 saturated carbocycles. The van der Waals surface area contributed by atoms with Crippen LogP contribution in [0.2, 0.25) is 5.02 Å². The maximum Gasteiger partial charge on any atom is 0.328 e. The summed E-state index contributed by atoms with van der Waals surface area (Å²) in [6, 6.07) is 5.57. The summed E-state index contributed by atoms with van der Waals surface area (Å²) >= 11 is 6.33. The second-order valence-corrected chi connectivity index (χ2v) is 5.64. The highest BCUT2D eigenvalue weighted by Gasteiger charge is 2.22. The van der Waals surface area contributed by atoms with E-state index in [2.05, 4.69) is 4.90 Å². The lowest BCUT2D eigenvalue weighted by Crippen LogP contribution is -2.35. The fraction of sp³-hybridized carbons (Fsp3) is 0.438. The quantitative estimate of drug-likeness (QED) is 0.848. The Morgan fingerprint density at radius 3 is 2.81 bits per heavy atom. The third-order valence-corrected chi connectivity index (χ3v) is 4.06. The number of aliphatic carboxylic acids is 1. The van der Waals surface area contributed by atoms with Gasteiger partial charge < -0.3 is 14.7 Å². The molecule has 5 heteroatoms. The van der Waals surface area contributed by atoms with Crippen LogP contribution < -0.4 is 4.90 Å². The van der Waals surface area contributed by atoms with E-state index in [-0.39, 0.29) is 0 Å². The Kier molecular flexibility index (Phi) is 5.65. The molecule has 0 spiro atoms. The fourth-order valence-corrected chi connectivity index (χ4v) is 3.02. The lowest BCUT2D eigenvalue weighted by atomic mass is 9.96. The monoisotopic (exact) mass is 309 g/mol. The second-order valence-electron chi connectivity index (χ2n) is 5.24. The normalized spacial score (nSPS) is 16.6. The van der Waals surface area contributed by atoms with Gasteiger partial charge in [-0.05, 0) is 36.5 Å². The molecule has 0 aromatic heterocycles. The van der Waals surface area contributed by atoms with Crippen molar-refractivity contribution in [3.05, 3.63) is 34.9 Å². The number of carbonyl (C=O) groups is 1. The van der Waals surface area contributed by atoms with Crippen molar-refractivity contribution in [3.8, 4) is 0 Å². The van der Waals surface area contributed by atoms with Crippen LogP contribution in [-0.4, -0.2) is 37.9 Å². The average molecular weight is 310 g/mol. The fourth-order valence-electron chi connectivity index (χ4n) is 2.72. The minimum Gasteiger partial charge on any atom is -0.478 e. The smallest absolute Gasteiger partial charge is 0.328 e. The van der Waals surface area contributed by atoms with Crippen LogP contribution in [0, 0.1) is 5.92 Å². The molecular weight excluding hydrogens is 290 g/mol. The molecule has 1 aliphatic rings. The number of benzene rings is 1. The van der Waals surface area contributed by atoms with E-state index in [1.54, 1.807) is 13.2 Å². The molecule has 1 aromatic carbocycles. The summed E-state index contributed by atoms with van der Waals surface area (Å²) in [5.41, 5.74) is 1.77. The van der Waals surface area contributed by atoms with Crippen molar-refractivity contribution < 1.29 is 14.6 Å². The first kappa shape index (κ1) is 15.9. The zero-order valence-corrected chi connectivity index (χ0v) is 12.8. The number of ether oxygens (including phenoxy) is 1. The number of nitrogens with zero attached hydrogens (tertiary/aromatic N) is 1. The molecule has 1 fully saturated rings. The maximum absolute atomic E-state index is 10.7. The molecule has 2 rings (SSSR count). The molecule has 114 valence electrons. The molecule has 1 saturated heterocycles. The number of halogens is 1. The number of hydrogen-bond acceptors (Lipinski definition) is 3. The highest BCUT2D eigenvalue weighted by atomic mass is 35.5. The summed E-state index contributed by atoms with van der Waals surface area (Å²) in [7, 11) is 1.73. The van der Waals surface area contributed by atoms with Crippen LogP contribution >= 0.6 is 11.6 Å². The number of carboxylic acid groups (broad SMARTS) is 1. The first-order chi connectivity index (χ1) is 10.1. The van der Waals surface area contributed by atoms with Crippen molar-refractivity contribution in [3.63, 3.8) is 0 Å². The highest BCUT2D eigenvalue weighted by Crippen LogP contribution is 2.33. The Balaban J connectivity index is 2.17. The first-order valence-corrected chi connectivity index (χ1v) is 7.43. The first-order valence-electron chi connectivity index (χ1n) is 7.05. The van der Waals surface area contributed by atoms with Gasteiger partial charge in [0, 0.05) is 32.9 Å². The van der Waals surface area contributed by atoms with Crippen molar-refractivity contribution in [2.75, 3.05) is 31.7 Å². The molecule has 0 radical (unpaired) electrons. The number of para-hydroxylation sites is 1. The second kappa shape index (κ2) is 7.48. The molecule has 0 aliphatic carbocycles. The van der Waals surface area contributed by atoms with E-state index in [1.807, 2.05) is 18.2 Å². The number of methoxy groups -OCH3 is 1. The van der Waals surface area contributed by atoms with Gasteiger partial charge in [-0.3, -0.25) is 0 Å². The van der Waals surface area contributed by atoms with Gasteiger partial charge in [-0.1, -0.05) is 23.7 Å². The van der Waals surface area contributed by atoms with Gasteiger partial charge in [0.15, 0.2) is 0 Å². The molecule has 1 aliphatic heterocycles. The van der Waals surface area contributed by atoms with Gasteiger partial charge in [-0.15, -0.1) is 0 Å². The summed E-state index contributed by atoms with van der Waals surface area (Å²) in [4.78, 5) is 12.9. The zero-order chi connectivity index (χ0) is 15.2. The minimum atomic E-state index is -0.959. The molecule has 0 amide bonds. The maximum atomic E-state index is 10.7. The van der Waals surface area contributed by atoms with Crippen LogP contribution in [0.25, 0.3) is 6.08 Å². The predicted molar refractivity (Wildman–Crippen MR) is 84.9 cm³/mol. The topological polar surface area (TPSA) is 49.8 Å². The number of anilines is 1. The van der Waals surface area contributed by atoms with Crippen molar-refractivity contribution in [1.82, 2.24) is 0 Å². The van der Waals surface area contributed by atoms with E-state index < -0.39 is 5.97 Å². The zero-order valence-electron chi connectivity index (χ0n) is 12.1. The van der Waals surface area contributed by atoms with Crippen LogP contribution in [0.3, 0.4) is 0 Å². The van der Waals surface area contributed by atoms with Gasteiger partial charge in [0.05, 0.1) is 10.7 Å². The van der Waals surface area contributed by atoms with Gasteiger partial charge in [0.1, 0.15) is 0 Å². The molecule has 1 aromatic rings. The summed E-state index contributed by atoms with van der Waals surface area (Å²) in [6.07, 6.45) is 4.86. The van der Waals surface area contributed by atoms with Crippen LogP contribution in [0.5, 0.6) is 0 Å². The van der Waals surface area contributed by atoms with E-state index in [0.717, 1.165) is 49.9 Å². The van der Waals surface area contributed by atoms with Crippen molar-refractivity contribution >= 4 is 29.3 Å². The van der Waals surface area contributed by atoms with Gasteiger partial charge >= 0.3 is 5.97 Å². The van der Waals surface area contributed by atoms with E-state index in [1.165, 1.54) is 0 Å². The van der Waals surface area contributed by atoms with Gasteiger partial charge in [0.25, 0.3) is 0 Å². The molecule has 0 bridgehead atoms. The SMILES string of the molecule is COCC1CCN(c2c(Cl)cccc2/C=C/C(=O)O)CC1. The van der Waals surface area contributed by atoms with Gasteiger partial charge in [-0.25, -0.2) is 4.79 Å². The van der Waals surface area contributed by atoms with Crippen molar-refractivity contribution in [2.24, 2.45) is 5.92 Å². The standard InChI is InChI=1S/C16H20ClNO3/c1-21-11-12-7-9-18(10-8-12)16-13(5-6-15(19)20)3-2-4-14(16)17/h2-6,12H,7-11H2,1H3,(H,19,20)/b6-5+. The molecule has 4 nitrogen and oxygen atoms in total. The summed E-state index contributed by atoms with van der Waals surface area (Å²) in [6.45, 7) is 2.61. The Labute approximate surface area is 130 Å². The minimum absolute atomic E-state index is 0.590. The molecule has 0 atom stereocenters. The Morgan fingerprint density at radius 2 is 2.19 bits per heavy atom. The predicted octanol–water partition coefficient (Wildman–Crippen LogP) is 3.30. The van der Waals surface area contributed by atoms with Crippen molar-refractivity contribution in [1.29, 1.82) is 0 Å². The van der Waals surface area contributed by atoms with Crippen LogP contribution in [0.15, 0.2) is 24.3 Å². The largest absolute Gasteiger partial charge is 0.478 e. The third-order valence-electron chi connectivity index (χ3n) is 3.76. The Hall–Kier alpha value is -1.52. The molecule has 21 heavy (non-hydrogen) atoms. The lowest BCUT2D eigenvalue weighted by Gasteiger charge is -2.34. The van der Waals surface area contributed by atoms with E-state index in [0.29, 0.717) is 10.9 Å². The van der Waals surface area contributed by atoms with Crippen LogP contribution in [-0.2, 0) is 9.53 Å². The molecule has 1 N–H and O–H groups in total. The van der Waals surface area contributed by atoms with Crippen LogP contribution in [0.4, 0.5) is 5.69 Å². The molecule has 0 unspecified atom stereocenters. The van der Waals surface area contributed by atoms with E-state index >= 15 is 0 Å². The summed E-state index contributed by atoms with van der Waals surface area (Å²) < 4.78 is 5.21. The average Bonchev–Trinajstić information content (AvgIpc) is 2.46. The van der Waals surface area contributed by atoms with E-state index in [4.69, 9.17) is 21.4 Å². The van der Waals surface area contributed by atoms with Gasteiger partial charge in [0.2, 0.25) is 0 Å². The Morgan fingerprint density at radius 1 is 1.48 bits per heavy atom. The highest BCUT2D eigenvalue weighted by molar-refractivity contribution is 6.33. The summed E-state index contributed by atoms with van der Waals surface area (Å²) in [5, 5.41) is 9.45. The van der Waals surface area contributed by atoms with E-state index in [9.17, 15) is 4.79 Å².